The fourth-order valence-corrected chi connectivity index (χ4v) is 1.84. The van der Waals surface area contributed by atoms with Crippen LogP contribution in [0.4, 0.5) is 0 Å². The number of hydrogen-bond acceptors (Lipinski definition) is 8. The molecule has 23 heavy (non-hydrogen) atoms. The van der Waals surface area contributed by atoms with Gasteiger partial charge in [-0.1, -0.05) is 30.3 Å². The molecule has 1 aromatic rings. The van der Waals surface area contributed by atoms with E-state index in [0.29, 0.717) is 5.56 Å². The number of aliphatic carboxylic acids is 1. The lowest BCUT2D eigenvalue weighted by molar-refractivity contribution is -0.619. The average Bonchev–Trinajstić information content (AvgIpc) is 2.52. The van der Waals surface area contributed by atoms with Crippen LogP contribution in [-0.4, -0.2) is 66.2 Å². The molecule has 0 amide bonds. The van der Waals surface area contributed by atoms with E-state index in [1.54, 1.807) is 6.07 Å². The van der Waals surface area contributed by atoms with Crippen LogP contribution in [0.1, 0.15) is 5.56 Å². The molecule has 10 heteroatoms. The largest absolute Gasteiger partial charge is 0.479 e. The first-order valence-corrected chi connectivity index (χ1v) is 6.33. The van der Waals surface area contributed by atoms with Gasteiger partial charge in [-0.15, -0.1) is 0 Å². The van der Waals surface area contributed by atoms with Crippen molar-refractivity contribution in [2.75, 3.05) is 0 Å². The second-order valence-corrected chi connectivity index (χ2v) is 4.79. The zero-order chi connectivity index (χ0) is 17.8. The topological polar surface area (TPSA) is 178 Å². The monoisotopic (exact) mass is 329 g/mol. The number of aliphatic hydroxyl groups excluding tert-OH is 3. The zero-order valence-electron chi connectivity index (χ0n) is 11.6. The predicted octanol–water partition coefficient (Wildman–Crippen LogP) is -2.07. The van der Waals surface area contributed by atoms with Gasteiger partial charge >= 0.3 is 11.7 Å². The quantitative estimate of drug-likeness (QED) is 0.203. The van der Waals surface area contributed by atoms with Gasteiger partial charge in [-0.2, -0.15) is 0 Å². The van der Waals surface area contributed by atoms with E-state index in [-0.39, 0.29) is 0 Å². The molecule has 10 nitrogen and oxygen atoms in total. The lowest BCUT2D eigenvalue weighted by Crippen LogP contribution is -2.63. The van der Waals surface area contributed by atoms with Crippen LogP contribution in [0.25, 0.3) is 0 Å². The molecule has 0 heterocycles. The van der Waals surface area contributed by atoms with Gasteiger partial charge in [-0.25, -0.2) is 4.79 Å². The van der Waals surface area contributed by atoms with Crippen molar-refractivity contribution in [1.29, 1.82) is 0 Å². The van der Waals surface area contributed by atoms with Gasteiger partial charge in [0.05, 0.1) is 4.92 Å². The van der Waals surface area contributed by atoms with Gasteiger partial charge in [0.15, 0.2) is 12.2 Å². The molecule has 5 N–H and O–H groups in total. The van der Waals surface area contributed by atoms with E-state index in [4.69, 9.17) is 10.2 Å². The molecule has 4 atom stereocenters. The Labute approximate surface area is 129 Å². The number of rotatable bonds is 8. The first-order valence-electron chi connectivity index (χ1n) is 6.33. The van der Waals surface area contributed by atoms with Crippen molar-refractivity contribution >= 4 is 11.8 Å². The standard InChI is InChI=1S/C13H15NO9/c15-8(6-7-4-2-1-3-5-7)13(21,14(22)23)11(18)9(16)10(17)12(19)20/h1-5,9-11,16-18,21H,6H2,(H,19,20). The lowest BCUT2D eigenvalue weighted by Gasteiger charge is -2.27. The summed E-state index contributed by atoms with van der Waals surface area (Å²) in [4.78, 5) is 32.1. The highest BCUT2D eigenvalue weighted by atomic mass is 16.7. The molecule has 0 aliphatic rings. The number of carbonyl (C=O) groups excluding carboxylic acids is 1. The summed E-state index contributed by atoms with van der Waals surface area (Å²) in [5.41, 5.74) is -3.38. The second kappa shape index (κ2) is 7.24. The van der Waals surface area contributed by atoms with Gasteiger partial charge < -0.3 is 25.5 Å². The van der Waals surface area contributed by atoms with E-state index < -0.39 is 47.1 Å². The van der Waals surface area contributed by atoms with Crippen LogP contribution >= 0.6 is 0 Å². The Morgan fingerprint density at radius 3 is 2.13 bits per heavy atom. The molecule has 1 aromatic carbocycles. The van der Waals surface area contributed by atoms with Crippen LogP contribution < -0.4 is 0 Å². The van der Waals surface area contributed by atoms with E-state index in [9.17, 15) is 35.0 Å². The van der Waals surface area contributed by atoms with Crippen molar-refractivity contribution in [3.63, 3.8) is 0 Å². The average molecular weight is 329 g/mol. The van der Waals surface area contributed by atoms with Crippen LogP contribution in [0.2, 0.25) is 0 Å². The molecular formula is C13H15NO9. The van der Waals surface area contributed by atoms with Crippen molar-refractivity contribution in [2.24, 2.45) is 0 Å². The van der Waals surface area contributed by atoms with Crippen LogP contribution in [0.5, 0.6) is 0 Å². The fourth-order valence-electron chi connectivity index (χ4n) is 1.84. The van der Waals surface area contributed by atoms with Gasteiger partial charge in [-0.3, -0.25) is 14.9 Å². The number of nitro groups is 1. The molecular weight excluding hydrogens is 314 g/mol. The van der Waals surface area contributed by atoms with Crippen molar-refractivity contribution < 1.29 is 40.0 Å². The third-order valence-corrected chi connectivity index (χ3v) is 3.21. The normalized spacial score (nSPS) is 17.6. The highest BCUT2D eigenvalue weighted by molar-refractivity contribution is 5.88. The SMILES string of the molecule is O=C(O)C(O)C(O)C(O)C(O)(C(=O)Cc1ccccc1)[N+](=O)[O-]. The number of aliphatic hydroxyl groups is 4. The second-order valence-electron chi connectivity index (χ2n) is 4.79. The highest BCUT2D eigenvalue weighted by Crippen LogP contribution is 2.21. The summed E-state index contributed by atoms with van der Waals surface area (Å²) in [5.74, 6) is -3.46. The lowest BCUT2D eigenvalue weighted by atomic mass is 9.91. The van der Waals surface area contributed by atoms with Crippen LogP contribution in [0.15, 0.2) is 30.3 Å². The molecule has 4 unspecified atom stereocenters. The molecule has 126 valence electrons. The summed E-state index contributed by atoms with van der Waals surface area (Å²) in [7, 11) is 0. The number of carbonyl (C=O) groups is 2. The Morgan fingerprint density at radius 2 is 1.70 bits per heavy atom. The molecule has 0 saturated carbocycles. The number of carboxylic acids is 1. The van der Waals surface area contributed by atoms with E-state index in [0.717, 1.165) is 0 Å². The maximum absolute atomic E-state index is 12.0. The number of ketones is 1. The van der Waals surface area contributed by atoms with Crippen molar-refractivity contribution in [3.05, 3.63) is 46.0 Å². The van der Waals surface area contributed by atoms with Crippen LogP contribution in [-0.2, 0) is 16.0 Å². The fraction of sp³-hybridized carbons (Fsp3) is 0.385. The molecule has 1 rings (SSSR count). The summed E-state index contributed by atoms with van der Waals surface area (Å²) in [5, 5.41) is 57.7. The van der Waals surface area contributed by atoms with Gasteiger partial charge in [0.1, 0.15) is 6.10 Å². The minimum atomic E-state index is -3.67. The molecule has 0 aliphatic carbocycles. The van der Waals surface area contributed by atoms with E-state index in [2.05, 4.69) is 0 Å². The third kappa shape index (κ3) is 3.87. The number of benzene rings is 1. The Morgan fingerprint density at radius 1 is 1.17 bits per heavy atom. The summed E-state index contributed by atoms with van der Waals surface area (Å²) >= 11 is 0. The van der Waals surface area contributed by atoms with Gasteiger partial charge in [0.25, 0.3) is 0 Å². The maximum atomic E-state index is 12.0. The van der Waals surface area contributed by atoms with Gasteiger partial charge in [0, 0.05) is 6.42 Å². The number of carboxylic acid groups (broad SMARTS) is 1. The molecule has 0 saturated heterocycles. The van der Waals surface area contributed by atoms with Gasteiger partial charge in [-0.05, 0) is 5.56 Å². The third-order valence-electron chi connectivity index (χ3n) is 3.21. The molecule has 0 aromatic heterocycles. The van der Waals surface area contributed by atoms with E-state index in [1.165, 1.54) is 24.3 Å². The van der Waals surface area contributed by atoms with Crippen LogP contribution in [0.3, 0.4) is 0 Å². The maximum Gasteiger partial charge on any atom is 0.410 e. The van der Waals surface area contributed by atoms with Crippen molar-refractivity contribution in [1.82, 2.24) is 0 Å². The summed E-state index contributed by atoms with van der Waals surface area (Å²) in [6.45, 7) is 0. The summed E-state index contributed by atoms with van der Waals surface area (Å²) < 4.78 is 0. The Hall–Kier alpha value is -2.40. The van der Waals surface area contributed by atoms with Crippen molar-refractivity contribution in [3.8, 4) is 0 Å². The van der Waals surface area contributed by atoms with Crippen LogP contribution in [0, 0.1) is 10.1 Å². The highest BCUT2D eigenvalue weighted by Gasteiger charge is 2.59. The Bertz CT molecular complexity index is 590. The van der Waals surface area contributed by atoms with Gasteiger partial charge in [0.2, 0.25) is 5.78 Å². The molecule has 0 fully saturated rings. The molecule has 0 radical (unpaired) electrons. The summed E-state index contributed by atoms with van der Waals surface area (Å²) in [6, 6.07) is 7.57. The smallest absolute Gasteiger partial charge is 0.410 e. The molecule has 0 spiro atoms. The number of nitrogens with zero attached hydrogens (tertiary/aromatic N) is 1. The zero-order valence-corrected chi connectivity index (χ0v) is 11.6. The van der Waals surface area contributed by atoms with E-state index >= 15 is 0 Å². The first-order chi connectivity index (χ1) is 10.6. The Kier molecular flexibility index (Phi) is 5.87. The molecule has 0 bridgehead atoms. The summed E-state index contributed by atoms with van der Waals surface area (Å²) in [6.07, 6.45) is -8.77. The predicted molar refractivity (Wildman–Crippen MR) is 72.8 cm³/mol. The first kappa shape index (κ1) is 18.6. The number of Topliss-reactive ketones (excluding diaryl/α,β-unsaturated/α-hetero) is 1. The minimum Gasteiger partial charge on any atom is -0.479 e. The number of hydrogen-bond donors (Lipinski definition) is 5. The minimum absolute atomic E-state index is 0.290. The van der Waals surface area contributed by atoms with E-state index in [1.807, 2.05) is 0 Å². The Balaban J connectivity index is 3.08. The van der Waals surface area contributed by atoms with Crippen molar-refractivity contribution in [2.45, 2.75) is 30.5 Å². The molecule has 0 aliphatic heterocycles.